The molecule has 0 spiro atoms. The second kappa shape index (κ2) is 5.07. The van der Waals surface area contributed by atoms with Crippen molar-refractivity contribution in [3.05, 3.63) is 35.4 Å². The van der Waals surface area contributed by atoms with Crippen LogP contribution in [0.15, 0.2) is 24.3 Å². The van der Waals surface area contributed by atoms with E-state index in [0.29, 0.717) is 13.0 Å². The summed E-state index contributed by atoms with van der Waals surface area (Å²) >= 11 is 0. The molecule has 0 radical (unpaired) electrons. The Balaban J connectivity index is 2.07. The first-order valence-corrected chi connectivity index (χ1v) is 7.51. The van der Waals surface area contributed by atoms with E-state index in [1.54, 1.807) is 0 Å². The smallest absolute Gasteiger partial charge is 0.250 e. The van der Waals surface area contributed by atoms with E-state index in [1.165, 1.54) is 6.92 Å². The molecule has 1 atom stereocenters. The summed E-state index contributed by atoms with van der Waals surface area (Å²) in [5.41, 5.74) is 2.24. The molecule has 0 aromatic heterocycles. The van der Waals surface area contributed by atoms with Crippen molar-refractivity contribution in [3.8, 4) is 0 Å². The van der Waals surface area contributed by atoms with E-state index in [0.717, 1.165) is 11.1 Å². The number of carbonyl (C=O) groups excluding carboxylic acids is 1. The van der Waals surface area contributed by atoms with Crippen molar-refractivity contribution in [2.75, 3.05) is 5.75 Å². The fraction of sp³-hybridized carbons (Fsp3) is 0.417. The predicted molar refractivity (Wildman–Crippen MR) is 68.4 cm³/mol. The van der Waals surface area contributed by atoms with Crippen LogP contribution in [-0.2, 0) is 27.8 Å². The van der Waals surface area contributed by atoms with Crippen LogP contribution in [-0.4, -0.2) is 26.1 Å². The van der Waals surface area contributed by atoms with Gasteiger partial charge in [-0.3, -0.25) is 9.52 Å². The Morgan fingerprint density at radius 2 is 2.06 bits per heavy atom. The highest BCUT2D eigenvalue weighted by Crippen LogP contribution is 2.16. The van der Waals surface area contributed by atoms with Gasteiger partial charge in [0.25, 0.3) is 5.91 Å². The molecular weight excluding hydrogens is 252 g/mol. The summed E-state index contributed by atoms with van der Waals surface area (Å²) in [5, 5.41) is 3.05. The molecular formula is C12H16N2O3S. The molecule has 5 nitrogen and oxygen atoms in total. The van der Waals surface area contributed by atoms with Gasteiger partial charge in [-0.1, -0.05) is 24.3 Å². The molecule has 1 heterocycles. The van der Waals surface area contributed by atoms with Crippen LogP contribution in [0.25, 0.3) is 0 Å². The quantitative estimate of drug-likeness (QED) is 0.819. The van der Waals surface area contributed by atoms with Gasteiger partial charge in [-0.15, -0.1) is 0 Å². The van der Waals surface area contributed by atoms with Gasteiger partial charge in [-0.2, -0.15) is 0 Å². The largest absolute Gasteiger partial charge is 0.301 e. The number of rotatable bonds is 3. The zero-order valence-corrected chi connectivity index (χ0v) is 11.0. The van der Waals surface area contributed by atoms with Crippen LogP contribution < -0.4 is 10.0 Å². The van der Waals surface area contributed by atoms with Gasteiger partial charge in [0.2, 0.25) is 10.0 Å². The fourth-order valence-corrected chi connectivity index (χ4v) is 2.53. The first-order chi connectivity index (χ1) is 8.52. The number of hydrogen-bond donors (Lipinski definition) is 2. The first kappa shape index (κ1) is 13.0. The second-order valence-electron chi connectivity index (χ2n) is 4.28. The van der Waals surface area contributed by atoms with Crippen LogP contribution in [0.1, 0.15) is 18.1 Å². The maximum atomic E-state index is 11.8. The lowest BCUT2D eigenvalue weighted by Gasteiger charge is -2.25. The Morgan fingerprint density at radius 3 is 2.72 bits per heavy atom. The zero-order valence-electron chi connectivity index (χ0n) is 10.1. The van der Waals surface area contributed by atoms with E-state index in [-0.39, 0.29) is 5.75 Å². The number of sulfonamides is 1. The van der Waals surface area contributed by atoms with Crippen molar-refractivity contribution in [2.45, 2.75) is 25.9 Å². The predicted octanol–water partition coefficient (Wildman–Crippen LogP) is 0.167. The number of nitrogens with one attached hydrogen (secondary N) is 2. The van der Waals surface area contributed by atoms with E-state index in [9.17, 15) is 13.2 Å². The summed E-state index contributed by atoms with van der Waals surface area (Å²) < 4.78 is 24.8. The van der Waals surface area contributed by atoms with Gasteiger partial charge in [-0.05, 0) is 24.5 Å². The molecule has 1 amide bonds. The maximum Gasteiger partial charge on any atom is 0.250 e. The third-order valence-corrected chi connectivity index (χ3v) is 4.31. The summed E-state index contributed by atoms with van der Waals surface area (Å²) in [6, 6.07) is 7.34. The van der Waals surface area contributed by atoms with Gasteiger partial charge >= 0.3 is 0 Å². The molecule has 18 heavy (non-hydrogen) atoms. The average molecular weight is 268 g/mol. The third kappa shape index (κ3) is 2.88. The van der Waals surface area contributed by atoms with Crippen LogP contribution in [0.2, 0.25) is 0 Å². The normalized spacial score (nSPS) is 19.1. The van der Waals surface area contributed by atoms with Gasteiger partial charge < -0.3 is 5.32 Å². The second-order valence-corrected chi connectivity index (χ2v) is 6.29. The Morgan fingerprint density at radius 1 is 1.39 bits per heavy atom. The molecule has 1 aliphatic heterocycles. The molecule has 0 aliphatic carbocycles. The Hall–Kier alpha value is -1.40. The lowest BCUT2D eigenvalue weighted by atomic mass is 9.96. The maximum absolute atomic E-state index is 11.8. The Kier molecular flexibility index (Phi) is 3.68. The molecule has 98 valence electrons. The van der Waals surface area contributed by atoms with Crippen molar-refractivity contribution in [1.29, 1.82) is 0 Å². The lowest BCUT2D eigenvalue weighted by Crippen LogP contribution is -2.49. The van der Waals surface area contributed by atoms with Crippen LogP contribution in [0.5, 0.6) is 0 Å². The summed E-state index contributed by atoms with van der Waals surface area (Å²) in [6.07, 6.45) is 0.515. The molecule has 1 aromatic carbocycles. The molecule has 6 heteroatoms. The van der Waals surface area contributed by atoms with Gasteiger partial charge in [0.05, 0.1) is 11.8 Å². The molecule has 0 saturated heterocycles. The van der Waals surface area contributed by atoms with Crippen molar-refractivity contribution in [1.82, 2.24) is 10.0 Å². The number of hydrogen-bond acceptors (Lipinski definition) is 4. The van der Waals surface area contributed by atoms with Crippen molar-refractivity contribution in [2.24, 2.45) is 0 Å². The molecule has 2 N–H and O–H groups in total. The third-order valence-electron chi connectivity index (χ3n) is 3.03. The average Bonchev–Trinajstić information content (AvgIpc) is 2.37. The van der Waals surface area contributed by atoms with Gasteiger partial charge in [0.15, 0.2) is 0 Å². The zero-order chi connectivity index (χ0) is 13.2. The van der Waals surface area contributed by atoms with E-state index < -0.39 is 22.0 Å². The number of carbonyl (C=O) groups is 1. The number of benzene rings is 1. The molecule has 2 rings (SSSR count). The summed E-state index contributed by atoms with van der Waals surface area (Å²) in [7, 11) is -3.48. The van der Waals surface area contributed by atoms with Crippen molar-refractivity contribution < 1.29 is 13.2 Å². The van der Waals surface area contributed by atoms with E-state index in [2.05, 4.69) is 10.0 Å². The molecule has 0 saturated carbocycles. The SMILES string of the molecule is CCS(=O)(=O)NC(=O)[C@H]1Cc2ccccc2CN1. The number of amides is 1. The van der Waals surface area contributed by atoms with Crippen molar-refractivity contribution in [3.63, 3.8) is 0 Å². The topological polar surface area (TPSA) is 75.3 Å². The van der Waals surface area contributed by atoms with Gasteiger partial charge in [-0.25, -0.2) is 8.42 Å². The van der Waals surface area contributed by atoms with Gasteiger partial charge in [0, 0.05) is 6.54 Å². The van der Waals surface area contributed by atoms with Crippen LogP contribution >= 0.6 is 0 Å². The van der Waals surface area contributed by atoms with Gasteiger partial charge in [0.1, 0.15) is 0 Å². The lowest BCUT2D eigenvalue weighted by molar-refractivity contribution is -0.121. The fourth-order valence-electron chi connectivity index (χ4n) is 1.94. The molecule has 0 fully saturated rings. The minimum absolute atomic E-state index is 0.0952. The monoisotopic (exact) mass is 268 g/mol. The molecule has 0 unspecified atom stereocenters. The molecule has 0 bridgehead atoms. The summed E-state index contributed by atoms with van der Waals surface area (Å²) in [5.74, 6) is -0.575. The van der Waals surface area contributed by atoms with Crippen LogP contribution in [0.4, 0.5) is 0 Å². The van der Waals surface area contributed by atoms with Crippen LogP contribution in [0, 0.1) is 0 Å². The van der Waals surface area contributed by atoms with E-state index in [4.69, 9.17) is 0 Å². The molecule has 1 aliphatic rings. The highest BCUT2D eigenvalue weighted by Gasteiger charge is 2.26. The highest BCUT2D eigenvalue weighted by molar-refractivity contribution is 7.90. The standard InChI is InChI=1S/C12H16N2O3S/c1-2-18(16,17)14-12(15)11-7-9-5-3-4-6-10(9)8-13-11/h3-6,11,13H,2,7-8H2,1H3,(H,14,15)/t11-/m1/s1. The number of fused-ring (bicyclic) bond motifs is 1. The molecule has 1 aromatic rings. The van der Waals surface area contributed by atoms with E-state index >= 15 is 0 Å². The Labute approximate surface area is 107 Å². The minimum Gasteiger partial charge on any atom is -0.301 e. The summed E-state index contributed by atoms with van der Waals surface area (Å²) in [6.45, 7) is 2.08. The minimum atomic E-state index is -3.48. The van der Waals surface area contributed by atoms with Crippen LogP contribution in [0.3, 0.4) is 0 Å². The first-order valence-electron chi connectivity index (χ1n) is 5.86. The van der Waals surface area contributed by atoms with Crippen molar-refractivity contribution >= 4 is 15.9 Å². The summed E-state index contributed by atoms with van der Waals surface area (Å²) in [4.78, 5) is 11.8. The Bertz CT molecular complexity index is 554. The highest BCUT2D eigenvalue weighted by atomic mass is 32.2. The van der Waals surface area contributed by atoms with E-state index in [1.807, 2.05) is 24.3 Å².